The van der Waals surface area contributed by atoms with Crippen LogP contribution >= 0.6 is 0 Å². The van der Waals surface area contributed by atoms with E-state index in [9.17, 15) is 0 Å². The molecule has 0 saturated carbocycles. The molecule has 0 unspecified atom stereocenters. The van der Waals surface area contributed by atoms with E-state index in [1.54, 1.807) is 0 Å². The van der Waals surface area contributed by atoms with Gasteiger partial charge < -0.3 is 10.1 Å². The Morgan fingerprint density at radius 1 is 1.20 bits per heavy atom. The van der Waals surface area contributed by atoms with Crippen LogP contribution in [0.15, 0.2) is 18.2 Å². The first-order chi connectivity index (χ1) is 7.24. The average Bonchev–Trinajstić information content (AvgIpc) is 2.23. The van der Waals surface area contributed by atoms with Gasteiger partial charge in [-0.25, -0.2) is 0 Å². The molecule has 0 atom stereocenters. The van der Waals surface area contributed by atoms with Gasteiger partial charge in [-0.2, -0.15) is 0 Å². The minimum absolute atomic E-state index is 0.793. The second-order valence-corrected chi connectivity index (χ2v) is 3.90. The first kappa shape index (κ1) is 12.2. The van der Waals surface area contributed by atoms with E-state index in [4.69, 9.17) is 4.74 Å². The van der Waals surface area contributed by atoms with Gasteiger partial charge in [-0.1, -0.05) is 23.8 Å². The number of nitrogens with one attached hydrogen (secondary N) is 1. The Bertz CT molecular complexity index is 297. The highest BCUT2D eigenvalue weighted by atomic mass is 16.5. The molecule has 0 aliphatic heterocycles. The lowest BCUT2D eigenvalue weighted by atomic mass is 10.0. The topological polar surface area (TPSA) is 21.3 Å². The fraction of sp³-hybridized carbons (Fsp3) is 0.538. The van der Waals surface area contributed by atoms with Crippen molar-refractivity contribution in [1.82, 2.24) is 5.32 Å². The molecule has 0 aliphatic carbocycles. The number of benzene rings is 1. The van der Waals surface area contributed by atoms with Gasteiger partial charge in [0.25, 0.3) is 0 Å². The molecule has 1 N–H and O–H groups in total. The van der Waals surface area contributed by atoms with E-state index in [-0.39, 0.29) is 0 Å². The van der Waals surface area contributed by atoms with Crippen LogP contribution in [0.2, 0.25) is 0 Å². The van der Waals surface area contributed by atoms with Gasteiger partial charge in [-0.05, 0) is 38.4 Å². The van der Waals surface area contributed by atoms with Crippen LogP contribution in [0.5, 0.6) is 0 Å². The Morgan fingerprint density at radius 2 is 2.00 bits per heavy atom. The predicted molar refractivity (Wildman–Crippen MR) is 64.4 cm³/mol. The van der Waals surface area contributed by atoms with E-state index in [1.807, 2.05) is 7.05 Å². The normalized spacial score (nSPS) is 10.6. The molecule has 2 heteroatoms. The molecule has 1 rings (SSSR count). The smallest absolute Gasteiger partial charge is 0.0590 e. The number of hydrogen-bond acceptors (Lipinski definition) is 2. The average molecular weight is 207 g/mol. The molecule has 1 aromatic carbocycles. The molecule has 0 bridgehead atoms. The Kier molecular flexibility index (Phi) is 5.37. The number of rotatable bonds is 6. The third-order valence-corrected chi connectivity index (χ3v) is 2.52. The third kappa shape index (κ3) is 4.45. The van der Waals surface area contributed by atoms with Gasteiger partial charge in [0.2, 0.25) is 0 Å². The minimum atomic E-state index is 0.793. The van der Waals surface area contributed by atoms with Crippen molar-refractivity contribution in [3.63, 3.8) is 0 Å². The van der Waals surface area contributed by atoms with Crippen LogP contribution < -0.4 is 5.32 Å². The molecule has 0 spiro atoms. The predicted octanol–water partition coefficient (Wildman–Crippen LogP) is 2.08. The van der Waals surface area contributed by atoms with Gasteiger partial charge in [0.15, 0.2) is 0 Å². The summed E-state index contributed by atoms with van der Waals surface area (Å²) in [6.45, 7) is 6.81. The summed E-state index contributed by atoms with van der Waals surface area (Å²) in [5, 5.41) is 3.06. The van der Waals surface area contributed by atoms with Gasteiger partial charge in [0.05, 0.1) is 13.2 Å². The molecule has 0 saturated heterocycles. The van der Waals surface area contributed by atoms with Gasteiger partial charge >= 0.3 is 0 Å². The van der Waals surface area contributed by atoms with Crippen molar-refractivity contribution in [1.29, 1.82) is 0 Å². The monoisotopic (exact) mass is 207 g/mol. The Labute approximate surface area is 92.6 Å². The molecule has 1 aromatic rings. The van der Waals surface area contributed by atoms with Crippen LogP contribution in [0, 0.1) is 13.8 Å². The van der Waals surface area contributed by atoms with E-state index < -0.39 is 0 Å². The molecule has 15 heavy (non-hydrogen) atoms. The largest absolute Gasteiger partial charge is 0.380 e. The maximum absolute atomic E-state index is 5.51. The van der Waals surface area contributed by atoms with E-state index in [0.717, 1.165) is 26.2 Å². The molecular weight excluding hydrogens is 186 g/mol. The van der Waals surface area contributed by atoms with Crippen LogP contribution in [0.1, 0.15) is 16.7 Å². The quantitative estimate of drug-likeness (QED) is 0.721. The first-order valence-corrected chi connectivity index (χ1v) is 5.52. The van der Waals surface area contributed by atoms with Crippen LogP contribution in [0.25, 0.3) is 0 Å². The van der Waals surface area contributed by atoms with E-state index >= 15 is 0 Å². The molecular formula is C13H21NO. The summed E-state index contributed by atoms with van der Waals surface area (Å²) in [5.41, 5.74) is 4.09. The number of aryl methyl sites for hydroxylation is 2. The Morgan fingerprint density at radius 3 is 2.73 bits per heavy atom. The SMILES string of the molecule is CNCCOCCc1cc(C)ccc1C. The van der Waals surface area contributed by atoms with Crippen LogP contribution in [0.3, 0.4) is 0 Å². The second kappa shape index (κ2) is 6.59. The molecule has 2 nitrogen and oxygen atoms in total. The summed E-state index contributed by atoms with van der Waals surface area (Å²) in [7, 11) is 1.94. The summed E-state index contributed by atoms with van der Waals surface area (Å²) in [4.78, 5) is 0. The molecule has 0 radical (unpaired) electrons. The van der Waals surface area contributed by atoms with Crippen molar-refractivity contribution >= 4 is 0 Å². The van der Waals surface area contributed by atoms with Crippen molar-refractivity contribution in [3.05, 3.63) is 34.9 Å². The number of hydrogen-bond donors (Lipinski definition) is 1. The van der Waals surface area contributed by atoms with Crippen molar-refractivity contribution in [2.24, 2.45) is 0 Å². The molecule has 0 fully saturated rings. The van der Waals surface area contributed by atoms with Crippen LogP contribution in [0.4, 0.5) is 0 Å². The lowest BCUT2D eigenvalue weighted by Crippen LogP contribution is -2.15. The molecule has 84 valence electrons. The Balaban J connectivity index is 2.33. The number of likely N-dealkylation sites (N-methyl/N-ethyl adjacent to an activating group) is 1. The van der Waals surface area contributed by atoms with E-state index in [1.165, 1.54) is 16.7 Å². The third-order valence-electron chi connectivity index (χ3n) is 2.52. The van der Waals surface area contributed by atoms with Gasteiger partial charge in [-0.15, -0.1) is 0 Å². The summed E-state index contributed by atoms with van der Waals surface area (Å²) >= 11 is 0. The zero-order valence-electron chi connectivity index (χ0n) is 9.97. The lowest BCUT2D eigenvalue weighted by molar-refractivity contribution is 0.140. The highest BCUT2D eigenvalue weighted by Gasteiger charge is 1.98. The van der Waals surface area contributed by atoms with Crippen molar-refractivity contribution in [2.75, 3.05) is 26.8 Å². The fourth-order valence-corrected chi connectivity index (χ4v) is 1.53. The van der Waals surface area contributed by atoms with Crippen LogP contribution in [-0.4, -0.2) is 26.8 Å². The fourth-order valence-electron chi connectivity index (χ4n) is 1.53. The minimum Gasteiger partial charge on any atom is -0.380 e. The van der Waals surface area contributed by atoms with Crippen LogP contribution in [-0.2, 0) is 11.2 Å². The Hall–Kier alpha value is -0.860. The lowest BCUT2D eigenvalue weighted by Gasteiger charge is -2.07. The van der Waals surface area contributed by atoms with Crippen molar-refractivity contribution in [2.45, 2.75) is 20.3 Å². The summed E-state index contributed by atoms with van der Waals surface area (Å²) in [5.74, 6) is 0. The standard InChI is InChI=1S/C13H21NO/c1-11-4-5-12(2)13(10-11)6-8-15-9-7-14-3/h4-5,10,14H,6-9H2,1-3H3. The summed E-state index contributed by atoms with van der Waals surface area (Å²) < 4.78 is 5.51. The second-order valence-electron chi connectivity index (χ2n) is 3.90. The highest BCUT2D eigenvalue weighted by molar-refractivity contribution is 5.30. The van der Waals surface area contributed by atoms with E-state index in [2.05, 4.69) is 37.4 Å². The molecule has 0 heterocycles. The summed E-state index contributed by atoms with van der Waals surface area (Å²) in [6.07, 6.45) is 1.01. The summed E-state index contributed by atoms with van der Waals surface area (Å²) in [6, 6.07) is 6.58. The van der Waals surface area contributed by atoms with Crippen molar-refractivity contribution in [3.8, 4) is 0 Å². The van der Waals surface area contributed by atoms with Gasteiger partial charge in [0, 0.05) is 6.54 Å². The van der Waals surface area contributed by atoms with Gasteiger partial charge in [-0.3, -0.25) is 0 Å². The highest BCUT2D eigenvalue weighted by Crippen LogP contribution is 2.11. The maximum Gasteiger partial charge on any atom is 0.0590 e. The first-order valence-electron chi connectivity index (χ1n) is 5.52. The maximum atomic E-state index is 5.51. The zero-order chi connectivity index (χ0) is 11.1. The number of ether oxygens (including phenoxy) is 1. The zero-order valence-corrected chi connectivity index (χ0v) is 9.97. The van der Waals surface area contributed by atoms with Crippen molar-refractivity contribution < 1.29 is 4.74 Å². The molecule has 0 aliphatic rings. The van der Waals surface area contributed by atoms with E-state index in [0.29, 0.717) is 0 Å². The molecule has 0 amide bonds. The molecule has 0 aromatic heterocycles. The van der Waals surface area contributed by atoms with Gasteiger partial charge in [0.1, 0.15) is 0 Å².